The third kappa shape index (κ3) is 3.97. The number of aryl methyl sites for hydroxylation is 1. The average molecular weight is 275 g/mol. The molecular weight excluding hydrogens is 250 g/mol. The van der Waals surface area contributed by atoms with E-state index < -0.39 is 0 Å². The Morgan fingerprint density at radius 2 is 2.05 bits per heavy atom. The van der Waals surface area contributed by atoms with Gasteiger partial charge in [-0.1, -0.05) is 17.7 Å². The standard InChI is InChI=1S/C16H25N3O/c1-12-4-8-15(9-5-12)19(11-3-10-17)13(2)16(20)18-14-6-7-14/h4-5,8-9,13-14H,3,6-7,10-11,17H2,1-2H3,(H,18,20). The summed E-state index contributed by atoms with van der Waals surface area (Å²) in [5.74, 6) is 0.116. The van der Waals surface area contributed by atoms with E-state index in [1.807, 2.05) is 6.92 Å². The van der Waals surface area contributed by atoms with Crippen LogP contribution in [0.25, 0.3) is 0 Å². The maximum atomic E-state index is 12.3. The van der Waals surface area contributed by atoms with E-state index in [-0.39, 0.29) is 11.9 Å². The maximum absolute atomic E-state index is 12.3. The number of nitrogens with zero attached hydrogens (tertiary/aromatic N) is 1. The lowest BCUT2D eigenvalue weighted by Crippen LogP contribution is -2.46. The van der Waals surface area contributed by atoms with Crippen LogP contribution in [-0.4, -0.2) is 31.1 Å². The molecule has 0 radical (unpaired) electrons. The Kier molecular flexibility index (Phi) is 5.01. The molecule has 0 spiro atoms. The summed E-state index contributed by atoms with van der Waals surface area (Å²) in [5, 5.41) is 3.08. The largest absolute Gasteiger partial charge is 0.360 e. The number of nitrogens with one attached hydrogen (secondary N) is 1. The van der Waals surface area contributed by atoms with E-state index in [1.54, 1.807) is 0 Å². The summed E-state index contributed by atoms with van der Waals surface area (Å²) in [6.45, 7) is 5.48. The summed E-state index contributed by atoms with van der Waals surface area (Å²) in [6.07, 6.45) is 3.12. The normalized spacial score (nSPS) is 15.8. The van der Waals surface area contributed by atoms with Gasteiger partial charge >= 0.3 is 0 Å². The fraction of sp³-hybridized carbons (Fsp3) is 0.562. The van der Waals surface area contributed by atoms with Crippen LogP contribution in [0.4, 0.5) is 5.69 Å². The van der Waals surface area contributed by atoms with Crippen LogP contribution in [0.1, 0.15) is 31.7 Å². The molecule has 1 fully saturated rings. The number of anilines is 1. The molecule has 110 valence electrons. The molecule has 4 heteroatoms. The zero-order valence-electron chi connectivity index (χ0n) is 12.4. The molecule has 1 amide bonds. The van der Waals surface area contributed by atoms with Gasteiger partial charge in [-0.2, -0.15) is 0 Å². The molecule has 1 aromatic carbocycles. The van der Waals surface area contributed by atoms with Gasteiger partial charge in [-0.05, 0) is 51.8 Å². The third-order valence-corrected chi connectivity index (χ3v) is 3.74. The first-order valence-electron chi connectivity index (χ1n) is 7.45. The predicted molar refractivity (Wildman–Crippen MR) is 82.8 cm³/mol. The molecule has 3 N–H and O–H groups in total. The Labute approximate surface area is 121 Å². The molecule has 2 rings (SSSR count). The van der Waals surface area contributed by atoms with Crippen molar-refractivity contribution in [2.24, 2.45) is 5.73 Å². The molecule has 1 unspecified atom stereocenters. The van der Waals surface area contributed by atoms with E-state index in [1.165, 1.54) is 5.56 Å². The maximum Gasteiger partial charge on any atom is 0.242 e. The Bertz CT molecular complexity index is 440. The molecule has 0 bridgehead atoms. The van der Waals surface area contributed by atoms with Crippen LogP contribution in [0.5, 0.6) is 0 Å². The third-order valence-electron chi connectivity index (χ3n) is 3.74. The van der Waals surface area contributed by atoms with Crippen molar-refractivity contribution in [2.45, 2.75) is 45.2 Å². The number of carbonyl (C=O) groups excluding carboxylic acids is 1. The van der Waals surface area contributed by atoms with Crippen molar-refractivity contribution in [1.82, 2.24) is 5.32 Å². The minimum atomic E-state index is -0.162. The van der Waals surface area contributed by atoms with E-state index in [0.717, 1.165) is 31.5 Å². The Morgan fingerprint density at radius 3 is 2.60 bits per heavy atom. The van der Waals surface area contributed by atoms with Crippen LogP contribution in [0.2, 0.25) is 0 Å². The Morgan fingerprint density at radius 1 is 1.40 bits per heavy atom. The highest BCUT2D eigenvalue weighted by atomic mass is 16.2. The Balaban J connectivity index is 2.08. The molecule has 0 aliphatic heterocycles. The van der Waals surface area contributed by atoms with Crippen molar-refractivity contribution in [2.75, 3.05) is 18.0 Å². The van der Waals surface area contributed by atoms with E-state index in [0.29, 0.717) is 12.6 Å². The number of nitrogens with two attached hydrogens (primary N) is 1. The van der Waals surface area contributed by atoms with Crippen LogP contribution in [0, 0.1) is 6.92 Å². The lowest BCUT2D eigenvalue weighted by Gasteiger charge is -2.30. The van der Waals surface area contributed by atoms with Crippen LogP contribution in [0.15, 0.2) is 24.3 Å². The number of hydrogen-bond acceptors (Lipinski definition) is 3. The summed E-state index contributed by atoms with van der Waals surface area (Å²) in [4.78, 5) is 14.4. The minimum absolute atomic E-state index is 0.116. The molecular formula is C16H25N3O. The summed E-state index contributed by atoms with van der Waals surface area (Å²) in [7, 11) is 0. The van der Waals surface area contributed by atoms with Gasteiger partial charge < -0.3 is 16.0 Å². The fourth-order valence-corrected chi connectivity index (χ4v) is 2.24. The lowest BCUT2D eigenvalue weighted by atomic mass is 10.1. The topological polar surface area (TPSA) is 58.4 Å². The first-order chi connectivity index (χ1) is 9.61. The molecule has 1 atom stereocenters. The van der Waals surface area contributed by atoms with Crippen molar-refractivity contribution < 1.29 is 4.79 Å². The minimum Gasteiger partial charge on any atom is -0.360 e. The van der Waals surface area contributed by atoms with E-state index in [9.17, 15) is 4.79 Å². The van der Waals surface area contributed by atoms with Crippen LogP contribution in [0.3, 0.4) is 0 Å². The van der Waals surface area contributed by atoms with Crippen LogP contribution >= 0.6 is 0 Å². The number of hydrogen-bond donors (Lipinski definition) is 2. The monoisotopic (exact) mass is 275 g/mol. The van der Waals surface area contributed by atoms with Gasteiger partial charge in [-0.25, -0.2) is 0 Å². The van der Waals surface area contributed by atoms with Crippen molar-refractivity contribution in [3.8, 4) is 0 Å². The molecule has 20 heavy (non-hydrogen) atoms. The summed E-state index contributed by atoms with van der Waals surface area (Å²) < 4.78 is 0. The number of amides is 1. The van der Waals surface area contributed by atoms with Gasteiger partial charge in [0.1, 0.15) is 6.04 Å². The summed E-state index contributed by atoms with van der Waals surface area (Å²) in [6, 6.07) is 8.55. The first kappa shape index (κ1) is 14.9. The van der Waals surface area contributed by atoms with Gasteiger partial charge in [0.2, 0.25) is 5.91 Å². The SMILES string of the molecule is Cc1ccc(N(CCCN)C(C)C(=O)NC2CC2)cc1. The highest BCUT2D eigenvalue weighted by Crippen LogP contribution is 2.21. The number of benzene rings is 1. The molecule has 1 aromatic rings. The summed E-state index contributed by atoms with van der Waals surface area (Å²) >= 11 is 0. The van der Waals surface area contributed by atoms with Gasteiger partial charge in [0.05, 0.1) is 0 Å². The molecule has 1 aliphatic carbocycles. The smallest absolute Gasteiger partial charge is 0.242 e. The van der Waals surface area contributed by atoms with Crippen molar-refractivity contribution >= 4 is 11.6 Å². The number of rotatable bonds is 7. The van der Waals surface area contributed by atoms with Gasteiger partial charge in [-0.15, -0.1) is 0 Å². The average Bonchev–Trinajstić information content (AvgIpc) is 3.24. The van der Waals surface area contributed by atoms with Crippen LogP contribution in [-0.2, 0) is 4.79 Å². The second-order valence-electron chi connectivity index (χ2n) is 5.63. The van der Waals surface area contributed by atoms with E-state index in [4.69, 9.17) is 5.73 Å². The van der Waals surface area contributed by atoms with Crippen molar-refractivity contribution in [3.63, 3.8) is 0 Å². The van der Waals surface area contributed by atoms with E-state index >= 15 is 0 Å². The second kappa shape index (κ2) is 6.75. The highest BCUT2D eigenvalue weighted by molar-refractivity contribution is 5.85. The van der Waals surface area contributed by atoms with Gasteiger partial charge in [0, 0.05) is 18.3 Å². The number of carbonyl (C=O) groups is 1. The van der Waals surface area contributed by atoms with Gasteiger partial charge in [0.25, 0.3) is 0 Å². The molecule has 1 aliphatic rings. The zero-order chi connectivity index (χ0) is 14.5. The van der Waals surface area contributed by atoms with Crippen molar-refractivity contribution in [3.05, 3.63) is 29.8 Å². The van der Waals surface area contributed by atoms with Gasteiger partial charge in [0.15, 0.2) is 0 Å². The zero-order valence-corrected chi connectivity index (χ0v) is 12.4. The van der Waals surface area contributed by atoms with Crippen LogP contribution < -0.4 is 16.0 Å². The molecule has 4 nitrogen and oxygen atoms in total. The molecule has 0 saturated heterocycles. The second-order valence-corrected chi connectivity index (χ2v) is 5.63. The lowest BCUT2D eigenvalue weighted by molar-refractivity contribution is -0.122. The quantitative estimate of drug-likeness (QED) is 0.798. The summed E-state index contributed by atoms with van der Waals surface area (Å²) in [5.41, 5.74) is 7.93. The predicted octanol–water partition coefficient (Wildman–Crippen LogP) is 1.82. The first-order valence-corrected chi connectivity index (χ1v) is 7.45. The van der Waals surface area contributed by atoms with Crippen molar-refractivity contribution in [1.29, 1.82) is 0 Å². The van der Waals surface area contributed by atoms with E-state index in [2.05, 4.69) is 41.4 Å². The Hall–Kier alpha value is -1.55. The molecule has 0 aromatic heterocycles. The highest BCUT2D eigenvalue weighted by Gasteiger charge is 2.28. The van der Waals surface area contributed by atoms with Gasteiger partial charge in [-0.3, -0.25) is 4.79 Å². The fourth-order valence-electron chi connectivity index (χ4n) is 2.24. The molecule has 0 heterocycles. The molecule has 1 saturated carbocycles.